The van der Waals surface area contributed by atoms with Crippen LogP contribution in [-0.4, -0.2) is 57.1 Å². The molecule has 2 aromatic carbocycles. The van der Waals surface area contributed by atoms with Crippen molar-refractivity contribution in [3.05, 3.63) is 65.7 Å². The second-order valence-electron chi connectivity index (χ2n) is 6.87. The summed E-state index contributed by atoms with van der Waals surface area (Å²) >= 11 is 0. The van der Waals surface area contributed by atoms with Gasteiger partial charge in [0.25, 0.3) is 5.91 Å². The van der Waals surface area contributed by atoms with Gasteiger partial charge >= 0.3 is 6.18 Å². The van der Waals surface area contributed by atoms with Crippen LogP contribution in [0.5, 0.6) is 0 Å². The average molecular weight is 441 g/mol. The van der Waals surface area contributed by atoms with Gasteiger partial charge in [-0.15, -0.1) is 0 Å². The third kappa shape index (κ3) is 5.51. The number of amides is 1. The lowest BCUT2D eigenvalue weighted by atomic mass is 10.1. The first kappa shape index (κ1) is 22.1. The Morgan fingerprint density at radius 1 is 0.967 bits per heavy atom. The zero-order valence-corrected chi connectivity index (χ0v) is 16.9. The molecule has 0 saturated carbocycles. The zero-order valence-electron chi connectivity index (χ0n) is 16.1. The molecule has 162 valence electrons. The number of sulfonamides is 1. The highest BCUT2D eigenvalue weighted by Crippen LogP contribution is 2.29. The Balaban J connectivity index is 1.50. The fourth-order valence-electron chi connectivity index (χ4n) is 3.22. The lowest BCUT2D eigenvalue weighted by molar-refractivity contribution is -0.137. The highest BCUT2D eigenvalue weighted by Gasteiger charge is 2.31. The minimum absolute atomic E-state index is 0.168. The van der Waals surface area contributed by atoms with E-state index in [0.717, 1.165) is 23.9 Å². The van der Waals surface area contributed by atoms with Gasteiger partial charge in [-0.05, 0) is 30.3 Å². The van der Waals surface area contributed by atoms with Gasteiger partial charge in [-0.2, -0.15) is 17.5 Å². The lowest BCUT2D eigenvalue weighted by Crippen LogP contribution is -2.50. The molecule has 0 radical (unpaired) electrons. The van der Waals surface area contributed by atoms with Gasteiger partial charge in [-0.3, -0.25) is 4.79 Å². The van der Waals surface area contributed by atoms with E-state index in [1.165, 1.54) is 10.4 Å². The molecule has 1 N–H and O–H groups in total. The van der Waals surface area contributed by atoms with E-state index in [1.807, 2.05) is 30.3 Å². The first-order valence-corrected chi connectivity index (χ1v) is 11.0. The Labute approximate surface area is 173 Å². The van der Waals surface area contributed by atoms with E-state index in [9.17, 15) is 26.4 Å². The number of benzene rings is 2. The Morgan fingerprint density at radius 3 is 2.27 bits per heavy atom. The van der Waals surface area contributed by atoms with Crippen LogP contribution in [-0.2, 0) is 16.2 Å². The second kappa shape index (κ2) is 9.05. The SMILES string of the molecule is O=C(NCCS(=O)(=O)N1CCN(c2ccccc2)CC1)c1cccc(C(F)(F)F)c1. The van der Waals surface area contributed by atoms with Crippen molar-refractivity contribution in [2.45, 2.75) is 6.18 Å². The molecule has 0 atom stereocenters. The Morgan fingerprint density at radius 2 is 1.63 bits per heavy atom. The molecular formula is C20H22F3N3O3S. The third-order valence-corrected chi connectivity index (χ3v) is 6.72. The minimum atomic E-state index is -4.55. The highest BCUT2D eigenvalue weighted by molar-refractivity contribution is 7.89. The number of alkyl halides is 3. The maximum Gasteiger partial charge on any atom is 0.416 e. The number of nitrogens with one attached hydrogen (secondary N) is 1. The van der Waals surface area contributed by atoms with Crippen LogP contribution < -0.4 is 10.2 Å². The minimum Gasteiger partial charge on any atom is -0.369 e. The van der Waals surface area contributed by atoms with E-state index in [4.69, 9.17) is 0 Å². The second-order valence-corrected chi connectivity index (χ2v) is 8.96. The van der Waals surface area contributed by atoms with Gasteiger partial charge in [-0.1, -0.05) is 24.3 Å². The van der Waals surface area contributed by atoms with Gasteiger partial charge in [0.15, 0.2) is 0 Å². The predicted molar refractivity (Wildman–Crippen MR) is 108 cm³/mol. The number of nitrogens with zero attached hydrogens (tertiary/aromatic N) is 2. The van der Waals surface area contributed by atoms with Crippen molar-refractivity contribution in [2.75, 3.05) is 43.4 Å². The van der Waals surface area contributed by atoms with E-state index in [1.54, 1.807) is 0 Å². The highest BCUT2D eigenvalue weighted by atomic mass is 32.2. The van der Waals surface area contributed by atoms with E-state index < -0.39 is 27.7 Å². The quantitative estimate of drug-likeness (QED) is 0.748. The number of carbonyl (C=O) groups excluding carboxylic acids is 1. The molecule has 1 heterocycles. The van der Waals surface area contributed by atoms with Crippen molar-refractivity contribution < 1.29 is 26.4 Å². The molecule has 0 spiro atoms. The standard InChI is InChI=1S/C20H22F3N3O3S/c21-20(22,23)17-6-4-5-16(15-17)19(27)24-9-14-30(28,29)26-12-10-25(11-13-26)18-7-2-1-3-8-18/h1-8,15H,9-14H2,(H,24,27). The van der Waals surface area contributed by atoms with Crippen molar-refractivity contribution in [1.29, 1.82) is 0 Å². The van der Waals surface area contributed by atoms with E-state index in [0.29, 0.717) is 26.2 Å². The number of carbonyl (C=O) groups is 1. The smallest absolute Gasteiger partial charge is 0.369 e. The fourth-order valence-corrected chi connectivity index (χ4v) is 4.56. The monoisotopic (exact) mass is 441 g/mol. The van der Waals surface area contributed by atoms with Crippen LogP contribution in [0.2, 0.25) is 0 Å². The van der Waals surface area contributed by atoms with Crippen LogP contribution in [0.1, 0.15) is 15.9 Å². The van der Waals surface area contributed by atoms with Crippen molar-refractivity contribution in [3.63, 3.8) is 0 Å². The molecule has 3 rings (SSSR count). The van der Waals surface area contributed by atoms with Crippen LogP contribution in [0.4, 0.5) is 18.9 Å². The molecule has 10 heteroatoms. The third-order valence-electron chi connectivity index (χ3n) is 4.85. The molecule has 0 bridgehead atoms. The van der Waals surface area contributed by atoms with Crippen molar-refractivity contribution in [3.8, 4) is 0 Å². The van der Waals surface area contributed by atoms with Crippen molar-refractivity contribution in [1.82, 2.24) is 9.62 Å². The van der Waals surface area contributed by atoms with Crippen LogP contribution in [0.15, 0.2) is 54.6 Å². The summed E-state index contributed by atoms with van der Waals surface area (Å²) in [7, 11) is -3.59. The number of para-hydroxylation sites is 1. The van der Waals surface area contributed by atoms with Gasteiger partial charge in [0.05, 0.1) is 11.3 Å². The average Bonchev–Trinajstić information content (AvgIpc) is 2.74. The van der Waals surface area contributed by atoms with Crippen LogP contribution in [0.3, 0.4) is 0 Å². The van der Waals surface area contributed by atoms with Gasteiger partial charge < -0.3 is 10.2 Å². The van der Waals surface area contributed by atoms with Gasteiger partial charge in [0, 0.05) is 44.0 Å². The molecule has 0 aliphatic carbocycles. The summed E-state index contributed by atoms with van der Waals surface area (Å²) in [6.45, 7) is 1.59. The summed E-state index contributed by atoms with van der Waals surface area (Å²) in [6, 6.07) is 13.7. The fraction of sp³-hybridized carbons (Fsp3) is 0.350. The molecule has 2 aromatic rings. The lowest BCUT2D eigenvalue weighted by Gasteiger charge is -2.35. The molecule has 1 aliphatic rings. The topological polar surface area (TPSA) is 69.7 Å². The predicted octanol–water partition coefficient (Wildman–Crippen LogP) is 2.59. The summed E-state index contributed by atoms with van der Waals surface area (Å²) in [5.41, 5.74) is -0.0688. The largest absolute Gasteiger partial charge is 0.416 e. The van der Waals surface area contributed by atoms with Gasteiger partial charge in [-0.25, -0.2) is 8.42 Å². The first-order valence-electron chi connectivity index (χ1n) is 9.40. The normalized spacial score (nSPS) is 15.8. The molecular weight excluding hydrogens is 419 g/mol. The molecule has 1 aliphatic heterocycles. The molecule has 0 aromatic heterocycles. The first-order chi connectivity index (χ1) is 14.2. The van der Waals surface area contributed by atoms with E-state index in [2.05, 4.69) is 10.2 Å². The van der Waals surface area contributed by atoms with Crippen molar-refractivity contribution in [2.24, 2.45) is 0 Å². The Kier molecular flexibility index (Phi) is 6.67. The number of rotatable bonds is 6. The molecule has 1 saturated heterocycles. The van der Waals surface area contributed by atoms with Crippen molar-refractivity contribution >= 4 is 21.6 Å². The number of anilines is 1. The van der Waals surface area contributed by atoms with E-state index >= 15 is 0 Å². The molecule has 6 nitrogen and oxygen atoms in total. The Bertz CT molecular complexity index is 974. The van der Waals surface area contributed by atoms with E-state index in [-0.39, 0.29) is 17.9 Å². The maximum atomic E-state index is 12.8. The summed E-state index contributed by atoms with van der Waals surface area (Å²) in [5.74, 6) is -1.06. The molecule has 0 unspecified atom stereocenters. The van der Waals surface area contributed by atoms with Crippen LogP contribution in [0.25, 0.3) is 0 Å². The number of piperazine rings is 1. The molecule has 1 fully saturated rings. The Hall–Kier alpha value is -2.59. The summed E-state index contributed by atoms with van der Waals surface area (Å²) in [5, 5.41) is 2.38. The van der Waals surface area contributed by atoms with Crippen LogP contribution >= 0.6 is 0 Å². The number of halogens is 3. The van der Waals surface area contributed by atoms with Crippen LogP contribution in [0, 0.1) is 0 Å². The summed E-state index contributed by atoms with van der Waals surface area (Å²) in [4.78, 5) is 14.2. The van der Waals surface area contributed by atoms with Gasteiger partial charge in [0.1, 0.15) is 0 Å². The van der Waals surface area contributed by atoms with Gasteiger partial charge in [0.2, 0.25) is 10.0 Å². The maximum absolute atomic E-state index is 12.8. The summed E-state index contributed by atoms with van der Waals surface area (Å²) in [6.07, 6.45) is -4.55. The molecule has 30 heavy (non-hydrogen) atoms. The number of hydrogen-bond acceptors (Lipinski definition) is 4. The molecule has 1 amide bonds. The summed E-state index contributed by atoms with van der Waals surface area (Å²) < 4.78 is 64.7. The number of hydrogen-bond donors (Lipinski definition) is 1. The zero-order chi connectivity index (χ0) is 21.8.